The second-order valence-electron chi connectivity index (χ2n) is 1.50. The monoisotopic (exact) mass is 87.1 g/mol. The standard InChI is InChI=1S/C4H11N2/c1-6(2)4-3-5/h3H,4-5H2,1-2H3/q+1. The lowest BCUT2D eigenvalue weighted by molar-refractivity contribution is 0.603. The molecule has 0 saturated heterocycles. The van der Waals surface area contributed by atoms with E-state index in [0.29, 0.717) is 0 Å². The van der Waals surface area contributed by atoms with Gasteiger partial charge in [-0.05, 0) is 0 Å². The summed E-state index contributed by atoms with van der Waals surface area (Å²) in [5.41, 5.74) is 5.06. The number of rotatable bonds is 2. The molecule has 0 bridgehead atoms. The molecule has 0 amide bonds. The van der Waals surface area contributed by atoms with Gasteiger partial charge in [0.2, 0.25) is 0 Å². The molecule has 2 N–H and O–H groups in total. The van der Waals surface area contributed by atoms with Gasteiger partial charge in [0.25, 0.3) is 0 Å². The van der Waals surface area contributed by atoms with Crippen molar-refractivity contribution in [3.05, 3.63) is 6.54 Å². The van der Waals surface area contributed by atoms with Crippen LogP contribution < -0.4 is 10.6 Å². The number of hydrogen-bond acceptors (Lipinski definition) is 2. The SMILES string of the molecule is C[N+](C)C[CH]N. The lowest BCUT2D eigenvalue weighted by Gasteiger charge is -1.91. The zero-order chi connectivity index (χ0) is 4.99. The molecule has 0 unspecified atom stereocenters. The average molecular weight is 87.1 g/mol. The predicted molar refractivity (Wildman–Crippen MR) is 27.3 cm³/mol. The van der Waals surface area contributed by atoms with Crippen molar-refractivity contribution in [1.82, 2.24) is 4.90 Å². The molecule has 0 fully saturated rings. The lowest BCUT2D eigenvalue weighted by atomic mass is 10.6. The van der Waals surface area contributed by atoms with E-state index in [4.69, 9.17) is 5.73 Å². The molecular formula is C4H11N2+. The van der Waals surface area contributed by atoms with Crippen molar-refractivity contribution in [1.29, 1.82) is 0 Å². The van der Waals surface area contributed by atoms with Gasteiger partial charge in [-0.15, -0.1) is 0 Å². The summed E-state index contributed by atoms with van der Waals surface area (Å²) in [7, 11) is 3.95. The molecule has 0 aliphatic carbocycles. The van der Waals surface area contributed by atoms with Crippen LogP contribution in [0.1, 0.15) is 0 Å². The summed E-state index contributed by atoms with van der Waals surface area (Å²) >= 11 is 0. The van der Waals surface area contributed by atoms with Crippen LogP contribution in [0.4, 0.5) is 0 Å². The minimum Gasteiger partial charge on any atom is -0.321 e. The van der Waals surface area contributed by atoms with Gasteiger partial charge in [-0.3, -0.25) is 0 Å². The van der Waals surface area contributed by atoms with E-state index in [0.717, 1.165) is 6.54 Å². The third kappa shape index (κ3) is 3.92. The van der Waals surface area contributed by atoms with Crippen molar-refractivity contribution in [2.45, 2.75) is 0 Å². The van der Waals surface area contributed by atoms with Crippen molar-refractivity contribution in [3.8, 4) is 0 Å². The Balaban J connectivity index is 2.63. The van der Waals surface area contributed by atoms with E-state index in [-0.39, 0.29) is 0 Å². The molecule has 6 heavy (non-hydrogen) atoms. The van der Waals surface area contributed by atoms with Crippen LogP contribution in [0.25, 0.3) is 0 Å². The number of nitrogens with two attached hydrogens (primary N) is 1. The summed E-state index contributed by atoms with van der Waals surface area (Å²) in [5.74, 6) is 0. The molecule has 0 atom stereocenters. The molecule has 2 nitrogen and oxygen atoms in total. The fourth-order valence-electron chi connectivity index (χ4n) is 0.211. The average Bonchev–Trinajstić information content (AvgIpc) is 1.35. The highest BCUT2D eigenvalue weighted by Gasteiger charge is 1.91. The minimum atomic E-state index is 0.861. The highest BCUT2D eigenvalue weighted by molar-refractivity contribution is 4.59. The molecule has 0 spiro atoms. The predicted octanol–water partition coefficient (Wildman–Crippen LogP) is -0.493. The molecule has 0 aromatic carbocycles. The summed E-state index contributed by atoms with van der Waals surface area (Å²) in [5, 5.41) is 0. The largest absolute Gasteiger partial charge is 0.321 e. The Kier molecular flexibility index (Phi) is 3.08. The normalized spacial score (nSPS) is 10.0. The summed E-state index contributed by atoms with van der Waals surface area (Å²) < 4.78 is 0. The van der Waals surface area contributed by atoms with Gasteiger partial charge in [-0.25, -0.2) is 0 Å². The Hall–Kier alpha value is -0.0800. The first kappa shape index (κ1) is 5.92. The van der Waals surface area contributed by atoms with Crippen LogP contribution in [-0.2, 0) is 0 Å². The van der Waals surface area contributed by atoms with Crippen LogP contribution in [0.2, 0.25) is 0 Å². The molecule has 0 aliphatic rings. The first-order valence-corrected chi connectivity index (χ1v) is 1.95. The Bertz CT molecular complexity index is 26.7. The van der Waals surface area contributed by atoms with Gasteiger partial charge in [-0.1, -0.05) is 0 Å². The van der Waals surface area contributed by atoms with E-state index in [1.807, 2.05) is 19.0 Å². The summed E-state index contributed by atoms with van der Waals surface area (Å²) in [6.07, 6.45) is 0. The van der Waals surface area contributed by atoms with Gasteiger partial charge in [0, 0.05) is 0 Å². The van der Waals surface area contributed by atoms with Gasteiger partial charge in [0.15, 0.2) is 0 Å². The highest BCUT2D eigenvalue weighted by atomic mass is 15.1. The maximum absolute atomic E-state index is 5.06. The van der Waals surface area contributed by atoms with E-state index >= 15 is 0 Å². The van der Waals surface area contributed by atoms with Crippen LogP contribution in [0.5, 0.6) is 0 Å². The van der Waals surface area contributed by atoms with Crippen LogP contribution in [-0.4, -0.2) is 20.6 Å². The lowest BCUT2D eigenvalue weighted by Crippen LogP contribution is -2.22. The van der Waals surface area contributed by atoms with E-state index in [9.17, 15) is 0 Å². The Morgan fingerprint density at radius 3 is 2.17 bits per heavy atom. The van der Waals surface area contributed by atoms with Gasteiger partial charge < -0.3 is 5.73 Å². The van der Waals surface area contributed by atoms with Crippen molar-refractivity contribution in [3.63, 3.8) is 0 Å². The molecule has 0 aromatic rings. The van der Waals surface area contributed by atoms with E-state index in [1.165, 1.54) is 0 Å². The van der Waals surface area contributed by atoms with Gasteiger partial charge in [0.05, 0.1) is 6.54 Å². The summed E-state index contributed by atoms with van der Waals surface area (Å²) in [6, 6.07) is 0. The van der Waals surface area contributed by atoms with Crippen molar-refractivity contribution < 1.29 is 0 Å². The Labute approximate surface area is 38.9 Å². The van der Waals surface area contributed by atoms with Crippen LogP contribution in [0, 0.1) is 6.54 Å². The number of likely N-dealkylation sites (N-methyl/N-ethyl adjacent to an activating group) is 1. The molecule has 0 heterocycles. The number of hydrogen-bond donors (Lipinski definition) is 1. The van der Waals surface area contributed by atoms with Crippen molar-refractivity contribution in [2.75, 3.05) is 20.6 Å². The zero-order valence-corrected chi connectivity index (χ0v) is 4.31. The Morgan fingerprint density at radius 1 is 1.67 bits per heavy atom. The molecule has 0 saturated carbocycles. The highest BCUT2D eigenvalue weighted by Crippen LogP contribution is 1.63. The van der Waals surface area contributed by atoms with Gasteiger partial charge in [-0.2, -0.15) is 4.90 Å². The van der Waals surface area contributed by atoms with Gasteiger partial charge in [0.1, 0.15) is 20.6 Å². The number of nitrogens with zero attached hydrogens (tertiary/aromatic N) is 1. The minimum absolute atomic E-state index is 0.861. The third-order valence-corrected chi connectivity index (χ3v) is 0.471. The van der Waals surface area contributed by atoms with Gasteiger partial charge >= 0.3 is 0 Å². The van der Waals surface area contributed by atoms with E-state index < -0.39 is 0 Å². The topological polar surface area (TPSA) is 31.9 Å². The summed E-state index contributed by atoms with van der Waals surface area (Å²) in [4.78, 5) is 2.00. The van der Waals surface area contributed by atoms with Crippen LogP contribution >= 0.6 is 0 Å². The zero-order valence-electron chi connectivity index (χ0n) is 4.31. The third-order valence-electron chi connectivity index (χ3n) is 0.471. The second-order valence-corrected chi connectivity index (χ2v) is 1.50. The summed E-state index contributed by atoms with van der Waals surface area (Å²) in [6.45, 7) is 2.49. The van der Waals surface area contributed by atoms with Crippen molar-refractivity contribution in [2.24, 2.45) is 5.73 Å². The molecule has 2 radical (unpaired) electrons. The maximum atomic E-state index is 5.06. The first-order chi connectivity index (χ1) is 2.77. The molecule has 0 rings (SSSR count). The fourth-order valence-corrected chi connectivity index (χ4v) is 0.211. The quantitative estimate of drug-likeness (QED) is 0.453. The smallest absolute Gasteiger partial charge is 0.139 e. The second kappa shape index (κ2) is 3.12. The molecular weight excluding hydrogens is 76.1 g/mol. The fraction of sp³-hybridized carbons (Fsp3) is 0.750. The van der Waals surface area contributed by atoms with Crippen LogP contribution in [0.15, 0.2) is 0 Å². The molecule has 0 aliphatic heterocycles. The van der Waals surface area contributed by atoms with E-state index in [2.05, 4.69) is 0 Å². The van der Waals surface area contributed by atoms with Crippen molar-refractivity contribution >= 4 is 0 Å². The van der Waals surface area contributed by atoms with Crippen LogP contribution in [0.3, 0.4) is 0 Å². The molecule has 2 heteroatoms. The Morgan fingerprint density at radius 2 is 2.17 bits per heavy atom. The van der Waals surface area contributed by atoms with E-state index in [1.54, 1.807) is 6.54 Å². The molecule has 0 aromatic heterocycles. The first-order valence-electron chi connectivity index (χ1n) is 1.95. The molecule has 36 valence electrons. The maximum Gasteiger partial charge on any atom is 0.139 e.